The van der Waals surface area contributed by atoms with Crippen LogP contribution in [0.2, 0.25) is 0 Å². The van der Waals surface area contributed by atoms with E-state index in [1.807, 2.05) is 74.5 Å². The summed E-state index contributed by atoms with van der Waals surface area (Å²) in [6, 6.07) is 18.7. The van der Waals surface area contributed by atoms with E-state index in [-0.39, 0.29) is 31.1 Å². The monoisotopic (exact) mass is 437 g/mol. The van der Waals surface area contributed by atoms with Crippen LogP contribution < -0.4 is 0 Å². The molecule has 2 amide bonds. The second-order valence-electron chi connectivity index (χ2n) is 8.75. The molecule has 0 radical (unpaired) electrons. The highest BCUT2D eigenvalue weighted by Gasteiger charge is 2.43. The zero-order valence-electron chi connectivity index (χ0n) is 18.9. The van der Waals surface area contributed by atoms with Gasteiger partial charge < -0.3 is 9.47 Å². The third-order valence-electron chi connectivity index (χ3n) is 5.75. The SMILES string of the molecule is CC(C)C[C@@H](C(=O)N1C(=O)OC[C@@H]1Cc1ccccc1)[C@H](C)C(=O)OCc1ccccc1. The minimum atomic E-state index is -0.681. The highest BCUT2D eigenvalue weighted by Crippen LogP contribution is 2.28. The first kappa shape index (κ1) is 23.5. The number of carbonyl (C=O) groups is 3. The van der Waals surface area contributed by atoms with Crippen molar-refractivity contribution < 1.29 is 23.9 Å². The molecule has 0 unspecified atom stereocenters. The van der Waals surface area contributed by atoms with Gasteiger partial charge in [-0.15, -0.1) is 0 Å². The number of ether oxygens (including phenoxy) is 2. The Morgan fingerprint density at radius 1 is 1.00 bits per heavy atom. The average Bonchev–Trinajstić information content (AvgIpc) is 3.16. The Morgan fingerprint density at radius 3 is 2.19 bits per heavy atom. The highest BCUT2D eigenvalue weighted by atomic mass is 16.6. The summed E-state index contributed by atoms with van der Waals surface area (Å²) in [5, 5.41) is 0. The van der Waals surface area contributed by atoms with Gasteiger partial charge in [-0.3, -0.25) is 9.59 Å². The Morgan fingerprint density at radius 2 is 1.59 bits per heavy atom. The number of hydrogen-bond donors (Lipinski definition) is 0. The zero-order valence-corrected chi connectivity index (χ0v) is 18.9. The molecule has 32 heavy (non-hydrogen) atoms. The molecule has 0 spiro atoms. The minimum absolute atomic E-state index is 0.148. The van der Waals surface area contributed by atoms with Gasteiger partial charge in [0.1, 0.15) is 13.2 Å². The van der Waals surface area contributed by atoms with E-state index in [1.54, 1.807) is 6.92 Å². The van der Waals surface area contributed by atoms with Crippen molar-refractivity contribution in [2.45, 2.75) is 46.3 Å². The summed E-state index contributed by atoms with van der Waals surface area (Å²) in [5.41, 5.74) is 1.90. The fourth-order valence-electron chi connectivity index (χ4n) is 4.00. The van der Waals surface area contributed by atoms with Gasteiger partial charge >= 0.3 is 12.1 Å². The molecule has 0 N–H and O–H groups in total. The summed E-state index contributed by atoms with van der Waals surface area (Å²) < 4.78 is 10.7. The van der Waals surface area contributed by atoms with Gasteiger partial charge in [-0.25, -0.2) is 9.69 Å². The largest absolute Gasteiger partial charge is 0.461 e. The van der Waals surface area contributed by atoms with Crippen molar-refractivity contribution in [3.63, 3.8) is 0 Å². The second kappa shape index (κ2) is 10.9. The maximum absolute atomic E-state index is 13.5. The molecule has 0 saturated carbocycles. The first-order valence-electron chi connectivity index (χ1n) is 11.1. The van der Waals surface area contributed by atoms with Crippen LogP contribution in [-0.4, -0.2) is 35.5 Å². The molecule has 6 heteroatoms. The molecule has 3 atom stereocenters. The lowest BCUT2D eigenvalue weighted by molar-refractivity contribution is -0.155. The number of imide groups is 1. The van der Waals surface area contributed by atoms with Crippen LogP contribution in [0, 0.1) is 17.8 Å². The number of cyclic esters (lactones) is 1. The van der Waals surface area contributed by atoms with Gasteiger partial charge in [-0.2, -0.15) is 0 Å². The van der Waals surface area contributed by atoms with Gasteiger partial charge in [0, 0.05) is 0 Å². The Bertz CT molecular complexity index is 912. The molecule has 3 rings (SSSR count). The molecular formula is C26H31NO5. The van der Waals surface area contributed by atoms with Crippen LogP contribution >= 0.6 is 0 Å². The van der Waals surface area contributed by atoms with Crippen LogP contribution in [0.25, 0.3) is 0 Å². The third kappa shape index (κ3) is 5.96. The van der Waals surface area contributed by atoms with Crippen LogP contribution in [0.5, 0.6) is 0 Å². The standard InChI is InChI=1S/C26H31NO5/c1-18(2)14-23(19(3)25(29)31-16-21-12-8-5-9-13-21)24(28)27-22(17-32-26(27)30)15-20-10-6-4-7-11-20/h4-13,18-19,22-23H,14-17H2,1-3H3/t19-,22-,23+/m0/s1. The molecule has 1 heterocycles. The summed E-state index contributed by atoms with van der Waals surface area (Å²) in [7, 11) is 0. The highest BCUT2D eigenvalue weighted by molar-refractivity contribution is 5.96. The molecule has 1 saturated heterocycles. The average molecular weight is 438 g/mol. The lowest BCUT2D eigenvalue weighted by Crippen LogP contribution is -2.46. The van der Waals surface area contributed by atoms with Crippen molar-refractivity contribution in [2.75, 3.05) is 6.61 Å². The summed E-state index contributed by atoms with van der Waals surface area (Å²) in [5.74, 6) is -1.99. The molecule has 1 aliphatic heterocycles. The third-order valence-corrected chi connectivity index (χ3v) is 5.75. The predicted molar refractivity (Wildman–Crippen MR) is 120 cm³/mol. The Kier molecular flexibility index (Phi) is 8.03. The van der Waals surface area contributed by atoms with Crippen LogP contribution in [0.15, 0.2) is 60.7 Å². The number of rotatable bonds is 9. The van der Waals surface area contributed by atoms with Gasteiger partial charge in [0.25, 0.3) is 0 Å². The molecule has 1 aliphatic rings. The molecule has 170 valence electrons. The molecule has 6 nitrogen and oxygen atoms in total. The van der Waals surface area contributed by atoms with Crippen molar-refractivity contribution >= 4 is 18.0 Å². The van der Waals surface area contributed by atoms with Crippen molar-refractivity contribution in [3.8, 4) is 0 Å². The van der Waals surface area contributed by atoms with Crippen molar-refractivity contribution in [1.82, 2.24) is 4.90 Å². The minimum Gasteiger partial charge on any atom is -0.461 e. The quantitative estimate of drug-likeness (QED) is 0.535. The summed E-state index contributed by atoms with van der Waals surface area (Å²) in [6.45, 7) is 5.99. The maximum atomic E-state index is 13.5. The van der Waals surface area contributed by atoms with E-state index < -0.39 is 23.9 Å². The lowest BCUT2D eigenvalue weighted by atomic mass is 9.85. The number of benzene rings is 2. The van der Waals surface area contributed by atoms with Crippen LogP contribution in [0.4, 0.5) is 4.79 Å². The molecule has 0 aromatic heterocycles. The summed E-state index contributed by atoms with van der Waals surface area (Å²) >= 11 is 0. The summed E-state index contributed by atoms with van der Waals surface area (Å²) in [4.78, 5) is 40.0. The topological polar surface area (TPSA) is 72.9 Å². The Hall–Kier alpha value is -3.15. The summed E-state index contributed by atoms with van der Waals surface area (Å²) in [6.07, 6.45) is 0.344. The van der Waals surface area contributed by atoms with Gasteiger partial charge in [-0.1, -0.05) is 81.4 Å². The van der Waals surface area contributed by atoms with Gasteiger partial charge in [-0.05, 0) is 29.9 Å². The van der Waals surface area contributed by atoms with Crippen LogP contribution in [0.1, 0.15) is 38.3 Å². The normalized spacial score (nSPS) is 17.7. The van der Waals surface area contributed by atoms with E-state index in [9.17, 15) is 14.4 Å². The number of nitrogens with zero attached hydrogens (tertiary/aromatic N) is 1. The zero-order chi connectivity index (χ0) is 23.1. The first-order valence-corrected chi connectivity index (χ1v) is 11.1. The molecule has 2 aromatic rings. The van der Waals surface area contributed by atoms with Crippen LogP contribution in [0.3, 0.4) is 0 Å². The molecule has 2 aromatic carbocycles. The number of carbonyl (C=O) groups excluding carboxylic acids is 3. The van der Waals surface area contributed by atoms with Crippen molar-refractivity contribution in [3.05, 3.63) is 71.8 Å². The molecule has 1 fully saturated rings. The number of esters is 1. The first-order chi connectivity index (χ1) is 15.4. The fourth-order valence-corrected chi connectivity index (χ4v) is 4.00. The van der Waals surface area contributed by atoms with Crippen LogP contribution in [-0.2, 0) is 32.1 Å². The van der Waals surface area contributed by atoms with Gasteiger partial charge in [0.15, 0.2) is 0 Å². The van der Waals surface area contributed by atoms with E-state index in [1.165, 1.54) is 4.90 Å². The number of amides is 2. The van der Waals surface area contributed by atoms with Crippen molar-refractivity contribution in [1.29, 1.82) is 0 Å². The van der Waals surface area contributed by atoms with E-state index in [2.05, 4.69) is 0 Å². The number of hydrogen-bond acceptors (Lipinski definition) is 5. The fraction of sp³-hybridized carbons (Fsp3) is 0.423. The van der Waals surface area contributed by atoms with Gasteiger partial charge in [0.05, 0.1) is 17.9 Å². The lowest BCUT2D eigenvalue weighted by Gasteiger charge is -2.28. The van der Waals surface area contributed by atoms with Gasteiger partial charge in [0.2, 0.25) is 5.91 Å². The van der Waals surface area contributed by atoms with E-state index in [0.29, 0.717) is 12.8 Å². The van der Waals surface area contributed by atoms with Crippen molar-refractivity contribution in [2.24, 2.45) is 17.8 Å². The Labute approximate surface area is 189 Å². The molecule has 0 bridgehead atoms. The van der Waals surface area contributed by atoms with E-state index in [4.69, 9.17) is 9.47 Å². The van der Waals surface area contributed by atoms with E-state index in [0.717, 1.165) is 11.1 Å². The van der Waals surface area contributed by atoms with E-state index >= 15 is 0 Å². The second-order valence-corrected chi connectivity index (χ2v) is 8.75. The smallest absolute Gasteiger partial charge is 0.416 e. The Balaban J connectivity index is 1.73. The maximum Gasteiger partial charge on any atom is 0.416 e. The molecule has 0 aliphatic carbocycles. The predicted octanol–water partition coefficient (Wildman–Crippen LogP) is 4.62. The molecular weight excluding hydrogens is 406 g/mol.